The summed E-state index contributed by atoms with van der Waals surface area (Å²) in [5, 5.41) is 0. The first-order chi connectivity index (χ1) is 8.34. The van der Waals surface area contributed by atoms with Gasteiger partial charge < -0.3 is 9.14 Å². The lowest BCUT2D eigenvalue weighted by Crippen LogP contribution is -2.18. The first-order valence-electron chi connectivity index (χ1n) is 6.34. The number of aromatic nitrogens is 2. The van der Waals surface area contributed by atoms with E-state index >= 15 is 0 Å². The van der Waals surface area contributed by atoms with Gasteiger partial charge in [0.1, 0.15) is 5.82 Å². The molecule has 2 aromatic rings. The van der Waals surface area contributed by atoms with Crippen molar-refractivity contribution in [1.82, 2.24) is 9.38 Å². The predicted octanol–water partition coefficient (Wildman–Crippen LogP) is 2.61. The highest BCUT2D eigenvalue weighted by Crippen LogP contribution is 2.20. The lowest BCUT2D eigenvalue weighted by atomic mass is 9.96. The van der Waals surface area contributed by atoms with Crippen molar-refractivity contribution in [2.75, 3.05) is 13.2 Å². The SMILES string of the molecule is Cc1cccc2cnc(CC3CCOCC3)n12. The van der Waals surface area contributed by atoms with Crippen LogP contribution in [0, 0.1) is 12.8 Å². The molecule has 1 aliphatic rings. The monoisotopic (exact) mass is 230 g/mol. The zero-order valence-electron chi connectivity index (χ0n) is 10.2. The van der Waals surface area contributed by atoms with Crippen molar-refractivity contribution in [2.45, 2.75) is 26.2 Å². The Labute approximate surface area is 101 Å². The molecule has 90 valence electrons. The number of hydrogen-bond acceptors (Lipinski definition) is 2. The van der Waals surface area contributed by atoms with Gasteiger partial charge in [-0.2, -0.15) is 0 Å². The van der Waals surface area contributed by atoms with Crippen LogP contribution in [0.25, 0.3) is 5.52 Å². The van der Waals surface area contributed by atoms with Gasteiger partial charge in [-0.25, -0.2) is 4.98 Å². The largest absolute Gasteiger partial charge is 0.381 e. The van der Waals surface area contributed by atoms with Crippen molar-refractivity contribution in [1.29, 1.82) is 0 Å². The van der Waals surface area contributed by atoms with E-state index in [0.29, 0.717) is 0 Å². The van der Waals surface area contributed by atoms with Crippen LogP contribution in [0.2, 0.25) is 0 Å². The van der Waals surface area contributed by atoms with E-state index in [9.17, 15) is 0 Å². The Kier molecular flexibility index (Phi) is 2.85. The van der Waals surface area contributed by atoms with Crippen LogP contribution < -0.4 is 0 Å². The zero-order chi connectivity index (χ0) is 11.7. The zero-order valence-corrected chi connectivity index (χ0v) is 10.2. The Hall–Kier alpha value is -1.35. The van der Waals surface area contributed by atoms with Crippen molar-refractivity contribution in [3.05, 3.63) is 35.9 Å². The normalized spacial score (nSPS) is 17.7. The van der Waals surface area contributed by atoms with Crippen molar-refractivity contribution >= 4 is 5.52 Å². The van der Waals surface area contributed by atoms with E-state index in [0.717, 1.165) is 25.6 Å². The van der Waals surface area contributed by atoms with E-state index in [2.05, 4.69) is 34.5 Å². The molecule has 3 rings (SSSR count). The smallest absolute Gasteiger partial charge is 0.113 e. The Morgan fingerprint density at radius 1 is 1.35 bits per heavy atom. The van der Waals surface area contributed by atoms with E-state index in [1.165, 1.54) is 29.9 Å². The molecule has 0 spiro atoms. The molecule has 0 unspecified atom stereocenters. The summed E-state index contributed by atoms with van der Waals surface area (Å²) < 4.78 is 7.68. The minimum Gasteiger partial charge on any atom is -0.381 e. The van der Waals surface area contributed by atoms with Crippen LogP contribution in [-0.4, -0.2) is 22.6 Å². The summed E-state index contributed by atoms with van der Waals surface area (Å²) >= 11 is 0. The second-order valence-corrected chi connectivity index (χ2v) is 4.86. The number of rotatable bonds is 2. The standard InChI is InChI=1S/C14H18N2O/c1-11-3-2-4-13-10-15-14(16(11)13)9-12-5-7-17-8-6-12/h2-4,10,12H,5-9H2,1H3. The summed E-state index contributed by atoms with van der Waals surface area (Å²) in [5.41, 5.74) is 2.47. The quantitative estimate of drug-likeness (QED) is 0.792. The third-order valence-electron chi connectivity index (χ3n) is 3.63. The van der Waals surface area contributed by atoms with Crippen LogP contribution in [0.4, 0.5) is 0 Å². The van der Waals surface area contributed by atoms with Gasteiger partial charge in [0.2, 0.25) is 0 Å². The van der Waals surface area contributed by atoms with E-state index in [1.807, 2.05) is 6.20 Å². The molecule has 17 heavy (non-hydrogen) atoms. The average molecular weight is 230 g/mol. The van der Waals surface area contributed by atoms with E-state index in [-0.39, 0.29) is 0 Å². The van der Waals surface area contributed by atoms with Gasteiger partial charge in [-0.05, 0) is 37.8 Å². The van der Waals surface area contributed by atoms with Crippen LogP contribution in [0.5, 0.6) is 0 Å². The number of hydrogen-bond donors (Lipinski definition) is 0. The fourth-order valence-electron chi connectivity index (χ4n) is 2.64. The van der Waals surface area contributed by atoms with Crippen molar-refractivity contribution in [2.24, 2.45) is 5.92 Å². The van der Waals surface area contributed by atoms with Gasteiger partial charge in [0.25, 0.3) is 0 Å². The van der Waals surface area contributed by atoms with Gasteiger partial charge in [0.15, 0.2) is 0 Å². The molecule has 0 aliphatic carbocycles. The highest BCUT2D eigenvalue weighted by molar-refractivity contribution is 5.47. The van der Waals surface area contributed by atoms with Crippen LogP contribution in [0.15, 0.2) is 24.4 Å². The first-order valence-corrected chi connectivity index (χ1v) is 6.34. The number of ether oxygens (including phenoxy) is 1. The Balaban J connectivity index is 1.89. The Morgan fingerprint density at radius 3 is 3.00 bits per heavy atom. The number of nitrogens with zero attached hydrogens (tertiary/aromatic N) is 2. The minimum absolute atomic E-state index is 0.731. The molecule has 3 heteroatoms. The van der Waals surface area contributed by atoms with Crippen LogP contribution >= 0.6 is 0 Å². The molecule has 0 bridgehead atoms. The number of pyridine rings is 1. The van der Waals surface area contributed by atoms with Gasteiger partial charge in [0, 0.05) is 25.3 Å². The van der Waals surface area contributed by atoms with Gasteiger partial charge in [-0.3, -0.25) is 0 Å². The average Bonchev–Trinajstić information content (AvgIpc) is 2.75. The topological polar surface area (TPSA) is 26.5 Å². The predicted molar refractivity (Wildman–Crippen MR) is 67.2 cm³/mol. The van der Waals surface area contributed by atoms with Gasteiger partial charge in [-0.1, -0.05) is 6.07 Å². The molecule has 0 radical (unpaired) electrons. The van der Waals surface area contributed by atoms with Gasteiger partial charge >= 0.3 is 0 Å². The molecule has 3 nitrogen and oxygen atoms in total. The lowest BCUT2D eigenvalue weighted by Gasteiger charge is -2.21. The molecular weight excluding hydrogens is 212 g/mol. The molecule has 0 amide bonds. The van der Waals surface area contributed by atoms with Gasteiger partial charge in [0.05, 0.1) is 11.7 Å². The van der Waals surface area contributed by atoms with Crippen molar-refractivity contribution in [3.8, 4) is 0 Å². The first kappa shape index (κ1) is 10.8. The summed E-state index contributed by atoms with van der Waals surface area (Å²) in [7, 11) is 0. The van der Waals surface area contributed by atoms with Gasteiger partial charge in [-0.15, -0.1) is 0 Å². The van der Waals surface area contributed by atoms with Crippen LogP contribution in [0.1, 0.15) is 24.4 Å². The summed E-state index contributed by atoms with van der Waals surface area (Å²) in [6.45, 7) is 3.96. The molecule has 0 saturated carbocycles. The summed E-state index contributed by atoms with van der Waals surface area (Å²) in [5.74, 6) is 1.93. The van der Waals surface area contributed by atoms with E-state index < -0.39 is 0 Å². The second kappa shape index (κ2) is 4.49. The maximum absolute atomic E-state index is 5.40. The fraction of sp³-hybridized carbons (Fsp3) is 0.500. The highest BCUT2D eigenvalue weighted by atomic mass is 16.5. The second-order valence-electron chi connectivity index (χ2n) is 4.86. The molecule has 0 atom stereocenters. The molecule has 3 heterocycles. The fourth-order valence-corrected chi connectivity index (χ4v) is 2.64. The maximum Gasteiger partial charge on any atom is 0.113 e. The lowest BCUT2D eigenvalue weighted by molar-refractivity contribution is 0.0659. The Morgan fingerprint density at radius 2 is 2.18 bits per heavy atom. The minimum atomic E-state index is 0.731. The van der Waals surface area contributed by atoms with Crippen LogP contribution in [0.3, 0.4) is 0 Å². The Bertz CT molecular complexity index is 512. The molecule has 1 saturated heterocycles. The number of aryl methyl sites for hydroxylation is 1. The highest BCUT2D eigenvalue weighted by Gasteiger charge is 2.17. The molecule has 0 aromatic carbocycles. The third-order valence-corrected chi connectivity index (χ3v) is 3.63. The number of imidazole rings is 1. The van der Waals surface area contributed by atoms with Crippen molar-refractivity contribution in [3.63, 3.8) is 0 Å². The molecule has 1 fully saturated rings. The number of fused-ring (bicyclic) bond motifs is 1. The maximum atomic E-state index is 5.40. The summed E-state index contributed by atoms with van der Waals surface area (Å²) in [4.78, 5) is 4.57. The molecular formula is C14H18N2O. The summed E-state index contributed by atoms with van der Waals surface area (Å²) in [6, 6.07) is 6.35. The molecule has 0 N–H and O–H groups in total. The summed E-state index contributed by atoms with van der Waals surface area (Å²) in [6.07, 6.45) is 5.38. The third kappa shape index (κ3) is 2.07. The van der Waals surface area contributed by atoms with E-state index in [1.54, 1.807) is 0 Å². The van der Waals surface area contributed by atoms with Crippen LogP contribution in [-0.2, 0) is 11.2 Å². The van der Waals surface area contributed by atoms with E-state index in [4.69, 9.17) is 4.74 Å². The van der Waals surface area contributed by atoms with Crippen molar-refractivity contribution < 1.29 is 4.74 Å². The molecule has 2 aromatic heterocycles. The molecule has 1 aliphatic heterocycles.